The van der Waals surface area contributed by atoms with Crippen molar-refractivity contribution in [3.8, 4) is 0 Å². The molecule has 0 atom stereocenters. The summed E-state index contributed by atoms with van der Waals surface area (Å²) in [5.74, 6) is 0. The molecule has 3 heterocycles. The topological polar surface area (TPSA) is 195 Å². The second-order valence-electron chi connectivity index (χ2n) is 12.6. The fourth-order valence-corrected chi connectivity index (χ4v) is 6.60. The molecule has 15 nitrogen and oxygen atoms in total. The van der Waals surface area contributed by atoms with E-state index in [0.29, 0.717) is 0 Å². The highest BCUT2D eigenvalue weighted by atomic mass is 32.3. The Labute approximate surface area is 339 Å². The average molecular weight is 974 g/mol. The SMILES string of the molecule is CC(C)(C)c1ccccn1.CCCCn1cc[n+](C)c1.CCCCn1cc[n+](C)c1.O=S(=O)([N-]S(=O)(=O)C(F)(F)F)C(F)(F)F.O=S(=O)([N-]S(=O)(=O)C(F)(F)F)C(F)(F)F. The van der Waals surface area contributed by atoms with Gasteiger partial charge in [-0.2, -0.15) is 52.7 Å². The summed E-state index contributed by atoms with van der Waals surface area (Å²) in [6.45, 7) is 13.2. The zero-order valence-corrected chi connectivity index (χ0v) is 35.8. The van der Waals surface area contributed by atoms with E-state index in [9.17, 15) is 86.4 Å². The summed E-state index contributed by atoms with van der Waals surface area (Å²) >= 11 is 0. The third kappa shape index (κ3) is 21.8. The number of halogens is 12. The van der Waals surface area contributed by atoms with Crippen LogP contribution in [0.2, 0.25) is 0 Å². The molecule has 0 aliphatic heterocycles. The molecule has 0 saturated heterocycles. The van der Waals surface area contributed by atoms with E-state index < -0.39 is 62.1 Å². The summed E-state index contributed by atoms with van der Waals surface area (Å²) in [7, 11) is -22.8. The molecular formula is C29H43F12N7O8S4. The Morgan fingerprint density at radius 3 is 1.03 bits per heavy atom. The number of hydrogen-bond donors (Lipinski definition) is 0. The van der Waals surface area contributed by atoms with Crippen molar-refractivity contribution in [2.24, 2.45) is 14.1 Å². The Morgan fingerprint density at radius 1 is 0.567 bits per heavy atom. The minimum atomic E-state index is -6.72. The van der Waals surface area contributed by atoms with Crippen LogP contribution in [-0.4, -0.2) is 69.8 Å². The van der Waals surface area contributed by atoms with Gasteiger partial charge in [-0.1, -0.05) is 53.5 Å². The highest BCUT2D eigenvalue weighted by molar-refractivity contribution is 8.13. The number of imidazole rings is 2. The van der Waals surface area contributed by atoms with Crippen LogP contribution < -0.4 is 9.13 Å². The maximum atomic E-state index is 11.4. The zero-order chi connectivity index (χ0) is 47.8. The number of hydrogen-bond acceptors (Lipinski definition) is 9. The van der Waals surface area contributed by atoms with Gasteiger partial charge in [0, 0.05) is 17.3 Å². The molecule has 0 radical (unpaired) electrons. The summed E-state index contributed by atoms with van der Waals surface area (Å²) in [5, 5.41) is 0. The first-order valence-electron chi connectivity index (χ1n) is 16.3. The largest absolute Gasteiger partial charge is 0.480 e. The molecule has 0 unspecified atom stereocenters. The molecule has 0 aliphatic carbocycles. The van der Waals surface area contributed by atoms with Crippen molar-refractivity contribution in [1.82, 2.24) is 14.1 Å². The van der Waals surface area contributed by atoms with E-state index in [2.05, 4.69) is 101 Å². The number of rotatable bonds is 10. The van der Waals surface area contributed by atoms with Crippen LogP contribution >= 0.6 is 0 Å². The molecular weight excluding hydrogens is 931 g/mol. The lowest BCUT2D eigenvalue weighted by Crippen LogP contribution is -2.30. The third-order valence-electron chi connectivity index (χ3n) is 6.18. The first kappa shape index (κ1) is 58.5. The Bertz CT molecular complexity index is 1950. The predicted octanol–water partition coefficient (Wildman–Crippen LogP) is 6.72. The van der Waals surface area contributed by atoms with Crippen LogP contribution in [-0.2, 0) is 72.7 Å². The lowest BCUT2D eigenvalue weighted by Gasteiger charge is -2.22. The lowest BCUT2D eigenvalue weighted by molar-refractivity contribution is -0.671. The first-order chi connectivity index (χ1) is 26.7. The molecule has 0 aromatic carbocycles. The summed E-state index contributed by atoms with van der Waals surface area (Å²) in [4.78, 5) is 4.25. The van der Waals surface area contributed by atoms with Crippen LogP contribution in [0, 0.1) is 0 Å². The second kappa shape index (κ2) is 23.1. The highest BCUT2D eigenvalue weighted by Gasteiger charge is 2.48. The van der Waals surface area contributed by atoms with Crippen LogP contribution in [0.15, 0.2) is 61.8 Å². The molecule has 60 heavy (non-hydrogen) atoms. The molecule has 0 N–H and O–H groups in total. The lowest BCUT2D eigenvalue weighted by atomic mass is 9.92. The van der Waals surface area contributed by atoms with Gasteiger partial charge in [-0.05, 0) is 25.0 Å². The minimum absolute atomic E-state index is 0.182. The molecule has 0 fully saturated rings. The van der Waals surface area contributed by atoms with Crippen molar-refractivity contribution in [3.05, 3.63) is 75.8 Å². The van der Waals surface area contributed by atoms with Crippen molar-refractivity contribution in [3.63, 3.8) is 0 Å². The van der Waals surface area contributed by atoms with Gasteiger partial charge in [-0.3, -0.25) is 4.98 Å². The molecule has 0 aliphatic rings. The van der Waals surface area contributed by atoms with Crippen molar-refractivity contribution in [1.29, 1.82) is 0 Å². The number of aryl methyl sites for hydroxylation is 4. The van der Waals surface area contributed by atoms with Gasteiger partial charge in [0.25, 0.3) is 0 Å². The average Bonchev–Trinajstić information content (AvgIpc) is 3.68. The van der Waals surface area contributed by atoms with Crippen LogP contribution in [0.3, 0.4) is 0 Å². The molecule has 0 spiro atoms. The second-order valence-corrected chi connectivity index (χ2v) is 19.5. The molecule has 3 rings (SSSR count). The van der Waals surface area contributed by atoms with E-state index in [-0.39, 0.29) is 5.41 Å². The maximum absolute atomic E-state index is 11.4. The van der Waals surface area contributed by atoms with Crippen LogP contribution in [0.1, 0.15) is 66.0 Å². The monoisotopic (exact) mass is 973 g/mol. The quantitative estimate of drug-likeness (QED) is 0.157. The van der Waals surface area contributed by atoms with Gasteiger partial charge in [0.05, 0.1) is 27.2 Å². The molecule has 31 heteroatoms. The molecule has 350 valence electrons. The highest BCUT2D eigenvalue weighted by Crippen LogP contribution is 2.37. The van der Waals surface area contributed by atoms with Crippen molar-refractivity contribution in [2.75, 3.05) is 0 Å². The standard InChI is InChI=1S/C9H13N.2C8H15N2.2C2F6NO4S2/c1-9(2,3)8-6-4-5-7-10-8;2*1-3-4-5-10-7-6-9(2)8-10;2*3-1(4,5)14(10,11)9-15(12,13)2(6,7)8/h4-7H,1-3H3;2*6-8H,3-5H2,1-2H3;;/q;2*+1;2*-1. The van der Waals surface area contributed by atoms with Crippen LogP contribution in [0.5, 0.6) is 0 Å². The van der Waals surface area contributed by atoms with Crippen LogP contribution in [0.25, 0.3) is 8.25 Å². The summed E-state index contributed by atoms with van der Waals surface area (Å²) < 4.78 is 227. The van der Waals surface area contributed by atoms with Gasteiger partial charge in [-0.25, -0.2) is 51.9 Å². The van der Waals surface area contributed by atoms with Gasteiger partial charge in [0.2, 0.25) is 12.7 Å². The Morgan fingerprint density at radius 2 is 0.867 bits per heavy atom. The van der Waals surface area contributed by atoms with Crippen LogP contribution in [0.4, 0.5) is 52.7 Å². The van der Waals surface area contributed by atoms with Gasteiger partial charge in [-0.15, -0.1) is 0 Å². The molecule has 0 bridgehead atoms. The third-order valence-corrected chi connectivity index (χ3v) is 11.7. The van der Waals surface area contributed by atoms with Crippen molar-refractivity contribution < 1.29 is 95.5 Å². The summed E-state index contributed by atoms with van der Waals surface area (Å²) in [6.07, 6.45) is 19.5. The van der Waals surface area contributed by atoms with E-state index >= 15 is 0 Å². The molecule has 3 aromatic rings. The number of pyridine rings is 1. The normalized spacial score (nSPS) is 13.0. The Kier molecular flexibility index (Phi) is 22.5. The summed E-state index contributed by atoms with van der Waals surface area (Å²) in [6, 6.07) is 6.02. The first-order valence-corrected chi connectivity index (χ1v) is 22.1. The van der Waals surface area contributed by atoms with Gasteiger partial charge in [0.15, 0.2) is 40.1 Å². The maximum Gasteiger partial charge on any atom is 0.480 e. The Balaban J connectivity index is 0. The fourth-order valence-electron chi connectivity index (χ4n) is 3.18. The molecule has 0 saturated carbocycles. The molecule has 0 amide bonds. The number of sulfonamides is 4. The van der Waals surface area contributed by atoms with E-state index in [1.165, 1.54) is 25.7 Å². The Hall–Kier alpha value is -3.55. The molecule has 3 aromatic heterocycles. The van der Waals surface area contributed by atoms with Gasteiger partial charge in [0.1, 0.15) is 24.8 Å². The number of unbranched alkanes of at least 4 members (excludes halogenated alkanes) is 2. The van der Waals surface area contributed by atoms with Crippen molar-refractivity contribution in [2.45, 2.75) is 101 Å². The number of nitrogens with zero attached hydrogens (tertiary/aromatic N) is 7. The predicted molar refractivity (Wildman–Crippen MR) is 191 cm³/mol. The summed E-state index contributed by atoms with van der Waals surface area (Å²) in [5.41, 5.74) is -23.5. The minimum Gasteiger partial charge on any atom is -0.421 e. The number of alkyl halides is 12. The van der Waals surface area contributed by atoms with Crippen molar-refractivity contribution >= 4 is 40.1 Å². The zero-order valence-electron chi connectivity index (χ0n) is 32.6. The fraction of sp³-hybridized carbons (Fsp3) is 0.621. The number of aromatic nitrogens is 5. The van der Waals surface area contributed by atoms with Gasteiger partial charge >= 0.3 is 22.0 Å². The smallest absolute Gasteiger partial charge is 0.421 e. The van der Waals surface area contributed by atoms with Gasteiger partial charge < -0.3 is 8.25 Å². The van der Waals surface area contributed by atoms with E-state index in [4.69, 9.17) is 0 Å². The van der Waals surface area contributed by atoms with E-state index in [1.807, 2.05) is 32.4 Å². The van der Waals surface area contributed by atoms with E-state index in [1.54, 1.807) is 0 Å². The van der Waals surface area contributed by atoms with E-state index in [0.717, 1.165) is 27.0 Å².